The van der Waals surface area contributed by atoms with Crippen LogP contribution in [0.15, 0.2) is 66.7 Å². The van der Waals surface area contributed by atoms with Crippen LogP contribution < -0.4 is 9.80 Å². The maximum Gasteiger partial charge on any atom is 0.269 e. The van der Waals surface area contributed by atoms with Crippen molar-refractivity contribution in [2.24, 2.45) is 5.92 Å². The van der Waals surface area contributed by atoms with Gasteiger partial charge in [0, 0.05) is 54.4 Å². The van der Waals surface area contributed by atoms with Crippen LogP contribution in [-0.4, -0.2) is 71.1 Å². The summed E-state index contributed by atoms with van der Waals surface area (Å²) >= 11 is 0. The fourth-order valence-electron chi connectivity index (χ4n) is 8.42. The van der Waals surface area contributed by atoms with Crippen LogP contribution in [-0.2, 0) is 44.2 Å². The zero-order valence-electron chi connectivity index (χ0n) is 27.7. The van der Waals surface area contributed by atoms with E-state index in [0.29, 0.717) is 37.2 Å². The number of aliphatic hydroxyl groups excluding tert-OH is 1. The van der Waals surface area contributed by atoms with Gasteiger partial charge >= 0.3 is 0 Å². The predicted octanol–water partition coefficient (Wildman–Crippen LogP) is 4.01. The molecule has 3 amide bonds. The molecule has 2 N–H and O–H groups in total. The monoisotopic (exact) mass is 684 g/mol. The minimum absolute atomic E-state index is 0.0576. The van der Waals surface area contributed by atoms with Crippen molar-refractivity contribution in [2.45, 2.75) is 75.7 Å². The quantitative estimate of drug-likeness (QED) is 0.156. The number of aliphatic hydroxyl groups is 1. The molecule has 4 heterocycles. The molecule has 0 aliphatic carbocycles. The van der Waals surface area contributed by atoms with Crippen LogP contribution >= 0.6 is 0 Å². The van der Waals surface area contributed by atoms with Gasteiger partial charge in [-0.25, -0.2) is 0 Å². The molecule has 0 aromatic heterocycles. The van der Waals surface area contributed by atoms with Gasteiger partial charge in [-0.05, 0) is 54.4 Å². The summed E-state index contributed by atoms with van der Waals surface area (Å²) in [4.78, 5) is 68.8. The number of nitro benzene ring substituents is 1. The summed E-state index contributed by atoms with van der Waals surface area (Å²) in [5.74, 6) is -1.22. The second kappa shape index (κ2) is 12.2. The molecule has 256 valence electrons. The summed E-state index contributed by atoms with van der Waals surface area (Å²) in [7, 11) is -3.13. The Balaban J connectivity index is 1.23. The number of ether oxygens (including phenoxy) is 1. The average molecular weight is 685 g/mol. The van der Waals surface area contributed by atoms with E-state index in [2.05, 4.69) is 0 Å². The molecule has 13 heteroatoms. The maximum atomic E-state index is 14.8. The molecule has 1 spiro atoms. The largest absolute Gasteiger partial charge is 0.432 e. The molecule has 3 aromatic rings. The Morgan fingerprint density at radius 1 is 1.08 bits per heavy atom. The predicted molar refractivity (Wildman–Crippen MR) is 183 cm³/mol. The van der Waals surface area contributed by atoms with E-state index in [1.165, 1.54) is 12.1 Å². The molecular weight excluding hydrogens is 645 g/mol. The van der Waals surface area contributed by atoms with Crippen molar-refractivity contribution >= 4 is 43.1 Å². The van der Waals surface area contributed by atoms with Gasteiger partial charge in [-0.1, -0.05) is 43.3 Å². The van der Waals surface area contributed by atoms with E-state index in [0.717, 1.165) is 22.4 Å². The third kappa shape index (κ3) is 5.45. The highest BCUT2D eigenvalue weighted by Crippen LogP contribution is 2.60. The minimum Gasteiger partial charge on any atom is -0.432 e. The highest BCUT2D eigenvalue weighted by molar-refractivity contribution is 6.71. The molecule has 0 bridgehead atoms. The fraction of sp³-hybridized carbons (Fsp3) is 0.417. The topological polar surface area (TPSA) is 154 Å². The van der Waals surface area contributed by atoms with Gasteiger partial charge in [0.05, 0.1) is 42.3 Å². The van der Waals surface area contributed by atoms with Gasteiger partial charge in [-0.15, -0.1) is 0 Å². The van der Waals surface area contributed by atoms with Gasteiger partial charge < -0.3 is 29.3 Å². The van der Waals surface area contributed by atoms with E-state index in [1.807, 2.05) is 55.5 Å². The third-order valence-corrected chi connectivity index (χ3v) is 13.4. The first-order chi connectivity index (χ1) is 23.3. The van der Waals surface area contributed by atoms with Crippen molar-refractivity contribution < 1.29 is 33.9 Å². The number of nitro groups is 1. The van der Waals surface area contributed by atoms with Crippen LogP contribution in [0, 0.1) is 16.0 Å². The first-order valence-corrected chi connectivity index (χ1v) is 19.7. The van der Waals surface area contributed by atoms with Gasteiger partial charge in [0.1, 0.15) is 0 Å². The van der Waals surface area contributed by atoms with Crippen molar-refractivity contribution in [3.8, 4) is 0 Å². The molecule has 4 aliphatic heterocycles. The molecule has 2 fully saturated rings. The fourth-order valence-corrected chi connectivity index (χ4v) is 11.0. The van der Waals surface area contributed by atoms with E-state index in [1.54, 1.807) is 33.9 Å². The first-order valence-electron chi connectivity index (χ1n) is 16.7. The number of amides is 3. The molecule has 5 atom stereocenters. The second-order valence-electron chi connectivity index (χ2n) is 14.2. The number of β-lactam (4-membered cyclic amide) rings is 1. The molecule has 0 unspecified atom stereocenters. The number of nitrogens with zero attached hydrogens (tertiary/aromatic N) is 4. The number of anilines is 2. The Morgan fingerprint density at radius 3 is 2.41 bits per heavy atom. The average Bonchev–Trinajstić information content (AvgIpc) is 3.49. The van der Waals surface area contributed by atoms with Crippen molar-refractivity contribution in [2.75, 3.05) is 23.0 Å². The Bertz CT molecular complexity index is 1850. The van der Waals surface area contributed by atoms with Crippen LogP contribution in [0.25, 0.3) is 0 Å². The minimum atomic E-state index is -3.13. The van der Waals surface area contributed by atoms with Crippen molar-refractivity contribution in [3.63, 3.8) is 0 Å². The SMILES string of the molecule is C[C@H]1[C@H]([Si](C)(C)O)[C@@H](CC(=O)N2Cc3ccccc3C[C@H]2CO)O[C@]12C(=O)N(Cc1ccc(N3CCC3=O)cc1)c1ccc([N+](=O)[O-])cc12. The van der Waals surface area contributed by atoms with Gasteiger partial charge in [-0.2, -0.15) is 0 Å². The normalized spacial score (nSPS) is 26.2. The van der Waals surface area contributed by atoms with E-state index in [9.17, 15) is 34.4 Å². The number of hydrogen-bond acceptors (Lipinski definition) is 8. The molecule has 3 aromatic carbocycles. The molecule has 49 heavy (non-hydrogen) atoms. The lowest BCUT2D eigenvalue weighted by Crippen LogP contribution is -2.48. The van der Waals surface area contributed by atoms with Crippen molar-refractivity contribution in [1.82, 2.24) is 4.90 Å². The number of benzene rings is 3. The van der Waals surface area contributed by atoms with Gasteiger partial charge in [0.2, 0.25) is 11.8 Å². The van der Waals surface area contributed by atoms with Gasteiger partial charge in [-0.3, -0.25) is 24.5 Å². The summed E-state index contributed by atoms with van der Waals surface area (Å²) in [5.41, 5.74) is 2.04. The third-order valence-electron chi connectivity index (χ3n) is 10.9. The molecule has 12 nitrogen and oxygen atoms in total. The maximum absolute atomic E-state index is 14.8. The molecule has 0 saturated carbocycles. The number of non-ortho nitro benzene ring substituents is 1. The lowest BCUT2D eigenvalue weighted by molar-refractivity contribution is -0.385. The molecule has 0 radical (unpaired) electrons. The molecule has 7 rings (SSSR count). The van der Waals surface area contributed by atoms with Crippen molar-refractivity contribution in [3.05, 3.63) is 99.1 Å². The van der Waals surface area contributed by atoms with Crippen LogP contribution in [0.2, 0.25) is 18.6 Å². The van der Waals surface area contributed by atoms with Crippen LogP contribution in [0.4, 0.5) is 17.1 Å². The number of fused-ring (bicyclic) bond motifs is 3. The Kier molecular flexibility index (Phi) is 8.21. The van der Waals surface area contributed by atoms with Gasteiger partial charge in [0.25, 0.3) is 11.6 Å². The summed E-state index contributed by atoms with van der Waals surface area (Å²) in [6.07, 6.45) is 0.0477. The van der Waals surface area contributed by atoms with Crippen LogP contribution in [0.3, 0.4) is 0 Å². The second-order valence-corrected chi connectivity index (χ2v) is 18.2. The van der Waals surface area contributed by atoms with E-state index in [-0.39, 0.29) is 37.1 Å². The lowest BCUT2D eigenvalue weighted by Gasteiger charge is -2.37. The first kappa shape index (κ1) is 33.1. The summed E-state index contributed by atoms with van der Waals surface area (Å²) in [5, 5.41) is 22.2. The Labute approximate surface area is 285 Å². The van der Waals surface area contributed by atoms with Crippen LogP contribution in [0.5, 0.6) is 0 Å². The standard InChI is InChI=1S/C36H40N4O8Si/c1-22-34(49(2,3)47)31(18-33(43)38-20-25-7-5-4-6-24(25)16-28(38)21-41)48-36(22)29-17-27(40(45)46)12-13-30(29)39(35(36)44)19-23-8-10-26(11-9-23)37-15-14-32(37)42/h4-13,17,22,28,31,34,41,47H,14-16,18-21H2,1-3H3/t22-,28-,31+,34-,36+/m0/s1. The highest BCUT2D eigenvalue weighted by Gasteiger charge is 2.66. The number of hydrogen-bond donors (Lipinski definition) is 2. The van der Waals surface area contributed by atoms with E-state index in [4.69, 9.17) is 4.74 Å². The Morgan fingerprint density at radius 2 is 1.80 bits per heavy atom. The zero-order chi connectivity index (χ0) is 34.8. The number of carbonyl (C=O) groups excluding carboxylic acids is 3. The molecular formula is C36H40N4O8Si. The smallest absolute Gasteiger partial charge is 0.269 e. The summed E-state index contributed by atoms with van der Waals surface area (Å²) in [6, 6.07) is 19.1. The highest BCUT2D eigenvalue weighted by atomic mass is 28.4. The van der Waals surface area contributed by atoms with E-state index < -0.39 is 48.4 Å². The number of carbonyl (C=O) groups is 3. The van der Waals surface area contributed by atoms with E-state index >= 15 is 0 Å². The summed E-state index contributed by atoms with van der Waals surface area (Å²) < 4.78 is 6.79. The summed E-state index contributed by atoms with van der Waals surface area (Å²) in [6.45, 7) is 6.27. The Hall–Kier alpha value is -4.43. The lowest BCUT2D eigenvalue weighted by atomic mass is 9.82. The van der Waals surface area contributed by atoms with Gasteiger partial charge in [0.15, 0.2) is 13.9 Å². The molecule has 2 saturated heterocycles. The molecule has 4 aliphatic rings. The zero-order valence-corrected chi connectivity index (χ0v) is 28.7. The van der Waals surface area contributed by atoms with Crippen LogP contribution in [0.1, 0.15) is 42.0 Å². The van der Waals surface area contributed by atoms with Crippen molar-refractivity contribution in [1.29, 1.82) is 0 Å². The number of rotatable bonds is 8.